The molecule has 94 valence electrons. The molecule has 0 aromatic heterocycles. The van der Waals surface area contributed by atoms with Crippen LogP contribution in [0.15, 0.2) is 24.3 Å². The minimum atomic E-state index is 0.272. The van der Waals surface area contributed by atoms with Crippen LogP contribution in [0.1, 0.15) is 30.9 Å². The molecule has 1 aliphatic rings. The fraction of sp³-hybridized carbons (Fsp3) is 0.600. The Morgan fingerprint density at radius 1 is 1.24 bits per heavy atom. The highest BCUT2D eigenvalue weighted by Gasteiger charge is 2.39. The smallest absolute Gasteiger partial charge is 0.0586 e. The van der Waals surface area contributed by atoms with Crippen LogP contribution in [-0.4, -0.2) is 26.8 Å². The first-order valence-electron chi connectivity index (χ1n) is 6.62. The third-order valence-corrected chi connectivity index (χ3v) is 3.72. The lowest BCUT2D eigenvalue weighted by molar-refractivity contribution is -0.0638. The van der Waals surface area contributed by atoms with Gasteiger partial charge in [-0.05, 0) is 37.6 Å². The Hall–Kier alpha value is -0.860. The second-order valence-corrected chi connectivity index (χ2v) is 5.07. The molecule has 0 radical (unpaired) electrons. The molecule has 1 N–H and O–H groups in total. The lowest BCUT2D eigenvalue weighted by Crippen LogP contribution is -2.48. The van der Waals surface area contributed by atoms with Crippen molar-refractivity contribution in [3.8, 4) is 0 Å². The first kappa shape index (κ1) is 12.6. The van der Waals surface area contributed by atoms with Crippen LogP contribution in [0, 0.1) is 0 Å². The van der Waals surface area contributed by atoms with Crippen LogP contribution < -0.4 is 5.32 Å². The molecule has 2 rings (SSSR count). The number of aryl methyl sites for hydroxylation is 1. The summed E-state index contributed by atoms with van der Waals surface area (Å²) in [6.45, 7) is 5.03. The minimum Gasteiger partial charge on any atom is -0.379 e. The lowest BCUT2D eigenvalue weighted by atomic mass is 9.75. The van der Waals surface area contributed by atoms with Gasteiger partial charge in [-0.15, -0.1) is 0 Å². The Kier molecular flexibility index (Phi) is 4.19. The van der Waals surface area contributed by atoms with Crippen molar-refractivity contribution in [1.29, 1.82) is 0 Å². The van der Waals surface area contributed by atoms with Crippen LogP contribution in [0.3, 0.4) is 0 Å². The van der Waals surface area contributed by atoms with Gasteiger partial charge in [-0.25, -0.2) is 0 Å². The molecule has 2 heteroatoms. The average molecular weight is 233 g/mol. The summed E-state index contributed by atoms with van der Waals surface area (Å²) in [6.07, 6.45) is 3.56. The maximum Gasteiger partial charge on any atom is 0.0586 e. The van der Waals surface area contributed by atoms with Gasteiger partial charge in [-0.3, -0.25) is 0 Å². The van der Waals surface area contributed by atoms with Crippen molar-refractivity contribution in [2.75, 3.05) is 26.8 Å². The van der Waals surface area contributed by atoms with E-state index in [0.29, 0.717) is 0 Å². The molecular formula is C15H23NO. The SMILES string of the molecule is CCCc1ccc(C2(CCNC)COC2)cc1. The Bertz CT molecular complexity index is 340. The molecule has 0 bridgehead atoms. The van der Waals surface area contributed by atoms with Crippen molar-refractivity contribution in [1.82, 2.24) is 5.32 Å². The quantitative estimate of drug-likeness (QED) is 0.815. The van der Waals surface area contributed by atoms with Crippen molar-refractivity contribution < 1.29 is 4.74 Å². The molecule has 1 aromatic carbocycles. The van der Waals surface area contributed by atoms with Crippen LogP contribution in [0.25, 0.3) is 0 Å². The Morgan fingerprint density at radius 2 is 1.94 bits per heavy atom. The van der Waals surface area contributed by atoms with Gasteiger partial charge in [-0.1, -0.05) is 37.6 Å². The predicted octanol–water partition coefficient (Wildman–Crippen LogP) is 2.52. The van der Waals surface area contributed by atoms with Gasteiger partial charge < -0.3 is 10.1 Å². The normalized spacial score (nSPS) is 17.8. The van der Waals surface area contributed by atoms with Gasteiger partial charge in [0.1, 0.15) is 0 Å². The van der Waals surface area contributed by atoms with E-state index in [0.717, 1.165) is 26.2 Å². The van der Waals surface area contributed by atoms with Crippen molar-refractivity contribution in [3.63, 3.8) is 0 Å². The molecule has 1 aromatic rings. The fourth-order valence-corrected chi connectivity index (χ4v) is 2.48. The van der Waals surface area contributed by atoms with E-state index in [2.05, 4.69) is 36.5 Å². The standard InChI is InChI=1S/C15H23NO/c1-3-4-13-5-7-14(8-6-13)15(9-10-16-2)11-17-12-15/h5-8,16H,3-4,9-12H2,1-2H3. The minimum absolute atomic E-state index is 0.272. The highest BCUT2D eigenvalue weighted by atomic mass is 16.5. The summed E-state index contributed by atoms with van der Waals surface area (Å²) in [6, 6.07) is 9.14. The number of rotatable bonds is 6. The number of nitrogens with one attached hydrogen (secondary N) is 1. The van der Waals surface area contributed by atoms with E-state index >= 15 is 0 Å². The molecular weight excluding hydrogens is 210 g/mol. The average Bonchev–Trinajstić information content (AvgIpc) is 2.30. The molecule has 0 saturated carbocycles. The summed E-state index contributed by atoms with van der Waals surface area (Å²) in [5, 5.41) is 3.24. The van der Waals surface area contributed by atoms with Crippen LogP contribution in [0.5, 0.6) is 0 Å². The number of benzene rings is 1. The molecule has 0 spiro atoms. The first-order valence-corrected chi connectivity index (χ1v) is 6.62. The van der Waals surface area contributed by atoms with Gasteiger partial charge in [0, 0.05) is 5.41 Å². The Morgan fingerprint density at radius 3 is 2.41 bits per heavy atom. The van der Waals surface area contributed by atoms with Gasteiger partial charge in [0.25, 0.3) is 0 Å². The highest BCUT2D eigenvalue weighted by molar-refractivity contribution is 5.31. The Balaban J connectivity index is 2.08. The largest absolute Gasteiger partial charge is 0.379 e. The van der Waals surface area contributed by atoms with Crippen LogP contribution in [0.2, 0.25) is 0 Å². The Labute approximate surface area is 104 Å². The summed E-state index contributed by atoms with van der Waals surface area (Å²) in [5.74, 6) is 0. The van der Waals surface area contributed by atoms with Gasteiger partial charge in [0.15, 0.2) is 0 Å². The van der Waals surface area contributed by atoms with E-state index in [1.807, 2.05) is 7.05 Å². The van der Waals surface area contributed by atoms with Crippen LogP contribution in [-0.2, 0) is 16.6 Å². The topological polar surface area (TPSA) is 21.3 Å². The van der Waals surface area contributed by atoms with E-state index in [-0.39, 0.29) is 5.41 Å². The molecule has 0 atom stereocenters. The third-order valence-electron chi connectivity index (χ3n) is 3.72. The zero-order valence-corrected chi connectivity index (χ0v) is 11.0. The number of ether oxygens (including phenoxy) is 1. The van der Waals surface area contributed by atoms with Crippen LogP contribution >= 0.6 is 0 Å². The van der Waals surface area contributed by atoms with Crippen molar-refractivity contribution in [2.24, 2.45) is 0 Å². The molecule has 17 heavy (non-hydrogen) atoms. The molecule has 1 heterocycles. The molecule has 0 amide bonds. The highest BCUT2D eigenvalue weighted by Crippen LogP contribution is 2.35. The zero-order valence-electron chi connectivity index (χ0n) is 11.0. The van der Waals surface area contributed by atoms with Gasteiger partial charge in [0.2, 0.25) is 0 Å². The van der Waals surface area contributed by atoms with E-state index in [1.54, 1.807) is 0 Å². The molecule has 0 unspecified atom stereocenters. The number of hydrogen-bond donors (Lipinski definition) is 1. The van der Waals surface area contributed by atoms with Crippen molar-refractivity contribution >= 4 is 0 Å². The second-order valence-electron chi connectivity index (χ2n) is 5.07. The van der Waals surface area contributed by atoms with Crippen molar-refractivity contribution in [3.05, 3.63) is 35.4 Å². The molecule has 2 nitrogen and oxygen atoms in total. The predicted molar refractivity (Wildman–Crippen MR) is 71.5 cm³/mol. The van der Waals surface area contributed by atoms with E-state index in [9.17, 15) is 0 Å². The molecule has 1 aliphatic heterocycles. The first-order chi connectivity index (χ1) is 8.30. The third kappa shape index (κ3) is 2.70. The van der Waals surface area contributed by atoms with Crippen molar-refractivity contribution in [2.45, 2.75) is 31.6 Å². The second kappa shape index (κ2) is 5.65. The number of hydrogen-bond acceptors (Lipinski definition) is 2. The maximum atomic E-state index is 5.44. The van der Waals surface area contributed by atoms with E-state index in [1.165, 1.54) is 24.0 Å². The van der Waals surface area contributed by atoms with E-state index in [4.69, 9.17) is 4.74 Å². The van der Waals surface area contributed by atoms with E-state index < -0.39 is 0 Å². The summed E-state index contributed by atoms with van der Waals surface area (Å²) in [4.78, 5) is 0. The maximum absolute atomic E-state index is 5.44. The van der Waals surface area contributed by atoms with Crippen LogP contribution in [0.4, 0.5) is 0 Å². The fourth-order valence-electron chi connectivity index (χ4n) is 2.48. The summed E-state index contributed by atoms with van der Waals surface area (Å²) in [5.41, 5.74) is 3.16. The lowest BCUT2D eigenvalue weighted by Gasteiger charge is -2.42. The summed E-state index contributed by atoms with van der Waals surface area (Å²) < 4.78 is 5.44. The van der Waals surface area contributed by atoms with Gasteiger partial charge in [0.05, 0.1) is 13.2 Å². The monoisotopic (exact) mass is 233 g/mol. The zero-order chi connectivity index (χ0) is 12.1. The molecule has 1 fully saturated rings. The van der Waals surface area contributed by atoms with Gasteiger partial charge in [-0.2, -0.15) is 0 Å². The van der Waals surface area contributed by atoms with Gasteiger partial charge >= 0.3 is 0 Å². The molecule has 0 aliphatic carbocycles. The summed E-state index contributed by atoms with van der Waals surface area (Å²) >= 11 is 0. The molecule has 1 saturated heterocycles. The summed E-state index contributed by atoms with van der Waals surface area (Å²) in [7, 11) is 2.01.